The Kier molecular flexibility index (Phi) is 9.90. The van der Waals surface area contributed by atoms with E-state index in [-0.39, 0.29) is 48.9 Å². The van der Waals surface area contributed by atoms with Gasteiger partial charge in [0.15, 0.2) is 5.78 Å². The van der Waals surface area contributed by atoms with E-state index in [4.69, 9.17) is 4.98 Å². The van der Waals surface area contributed by atoms with Gasteiger partial charge in [0.25, 0.3) is 0 Å². The Morgan fingerprint density at radius 1 is 1.05 bits per heavy atom. The van der Waals surface area contributed by atoms with E-state index in [1.807, 2.05) is 40.0 Å². The molecule has 5 rings (SSSR count). The number of aromatic nitrogens is 3. The molecule has 0 atom stereocenters. The number of aryl methyl sites for hydroxylation is 1. The molecule has 0 bridgehead atoms. The fourth-order valence-corrected chi connectivity index (χ4v) is 5.76. The molecule has 0 saturated carbocycles. The molecule has 0 saturated heterocycles. The van der Waals surface area contributed by atoms with Crippen molar-refractivity contribution in [2.45, 2.75) is 79.6 Å². The van der Waals surface area contributed by atoms with Crippen molar-refractivity contribution in [2.24, 2.45) is 11.8 Å². The van der Waals surface area contributed by atoms with Crippen molar-refractivity contribution in [1.29, 1.82) is 0 Å². The average molecular weight is 703 g/mol. The van der Waals surface area contributed by atoms with Crippen molar-refractivity contribution >= 4 is 22.2 Å². The number of imidazole rings is 1. The van der Waals surface area contributed by atoms with Crippen LogP contribution in [0.25, 0.3) is 27.8 Å². The zero-order valence-corrected chi connectivity index (χ0v) is 26.5. The molecule has 4 aromatic rings. The van der Waals surface area contributed by atoms with Crippen molar-refractivity contribution in [2.75, 3.05) is 0 Å². The van der Waals surface area contributed by atoms with Crippen LogP contribution < -0.4 is 0 Å². The van der Waals surface area contributed by atoms with Gasteiger partial charge >= 0.3 is 0 Å². The molecule has 1 aliphatic rings. The molecule has 0 amide bonds. The summed E-state index contributed by atoms with van der Waals surface area (Å²) in [5.74, 6) is 1.49. The Bertz CT molecular complexity index is 1490. The van der Waals surface area contributed by atoms with E-state index in [1.165, 1.54) is 22.7 Å². The first-order valence-electron chi connectivity index (χ1n) is 13.9. The maximum atomic E-state index is 11.7. The second-order valence-electron chi connectivity index (χ2n) is 10.8. The van der Waals surface area contributed by atoms with E-state index in [2.05, 4.69) is 66.6 Å². The topological polar surface area (TPSA) is 67.5 Å². The Hall–Kier alpha value is -2.82. The minimum Gasteiger partial charge on any atom is -0.512 e. The van der Waals surface area contributed by atoms with Crippen molar-refractivity contribution in [3.05, 3.63) is 77.4 Å². The van der Waals surface area contributed by atoms with Gasteiger partial charge in [0.2, 0.25) is 0 Å². The van der Waals surface area contributed by atoms with Gasteiger partial charge in [0, 0.05) is 55.3 Å². The largest absolute Gasteiger partial charge is 0.512 e. The van der Waals surface area contributed by atoms with Gasteiger partial charge in [-0.15, -0.1) is 23.6 Å². The molecular weight excluding hydrogens is 663 g/mol. The van der Waals surface area contributed by atoms with Gasteiger partial charge in [-0.25, -0.2) is 4.98 Å². The number of fused-ring (bicyclic) bond motifs is 3. The van der Waals surface area contributed by atoms with Crippen LogP contribution in [0.3, 0.4) is 0 Å². The number of ketones is 1. The first kappa shape index (κ1) is 30.7. The van der Waals surface area contributed by atoms with Crippen LogP contribution in [0, 0.1) is 24.8 Å². The summed E-state index contributed by atoms with van der Waals surface area (Å²) in [5, 5.41) is 12.1. The maximum Gasteiger partial charge on any atom is 0.162 e. The Balaban J connectivity index is 0.000000233. The van der Waals surface area contributed by atoms with E-state index in [0.717, 1.165) is 53.8 Å². The number of carbonyl (C=O) groups is 1. The quantitative estimate of drug-likeness (QED) is 0.120. The molecule has 2 aromatic heterocycles. The van der Waals surface area contributed by atoms with Gasteiger partial charge in [0.05, 0.1) is 17.3 Å². The van der Waals surface area contributed by atoms with E-state index in [1.54, 1.807) is 0 Å². The number of allylic oxidation sites excluding steroid dienone is 2. The fraction of sp³-hybridized carbons (Fsp3) is 0.424. The molecule has 0 spiro atoms. The number of carbonyl (C=O) groups excluding carboxylic acids is 1. The number of aliphatic hydroxyl groups excluding tert-OH is 1. The summed E-state index contributed by atoms with van der Waals surface area (Å²) in [4.78, 5) is 21.1. The molecular formula is C33H40IrN3O2-. The zero-order valence-electron chi connectivity index (χ0n) is 24.1. The van der Waals surface area contributed by atoms with Gasteiger partial charge in [-0.1, -0.05) is 76.3 Å². The van der Waals surface area contributed by atoms with Crippen molar-refractivity contribution in [3.8, 4) is 11.4 Å². The third-order valence-corrected chi connectivity index (χ3v) is 8.07. The van der Waals surface area contributed by atoms with Crippen molar-refractivity contribution < 1.29 is 30.0 Å². The van der Waals surface area contributed by atoms with Crippen LogP contribution in [0.15, 0.2) is 54.4 Å². The number of rotatable bonds is 7. The van der Waals surface area contributed by atoms with Crippen molar-refractivity contribution in [1.82, 2.24) is 14.4 Å². The predicted molar refractivity (Wildman–Crippen MR) is 155 cm³/mol. The molecule has 1 N–H and O–H groups in total. The molecule has 209 valence electrons. The molecule has 1 radical (unpaired) electrons. The van der Waals surface area contributed by atoms with E-state index in [9.17, 15) is 9.90 Å². The van der Waals surface area contributed by atoms with Crippen LogP contribution in [-0.2, 0) is 30.3 Å². The summed E-state index contributed by atoms with van der Waals surface area (Å²) in [6.45, 7) is 14.7. The minimum absolute atomic E-state index is 0. The molecule has 6 heteroatoms. The van der Waals surface area contributed by atoms with E-state index >= 15 is 0 Å². The normalized spacial score (nSPS) is 13.7. The van der Waals surface area contributed by atoms with Crippen LogP contribution in [0.1, 0.15) is 84.2 Å². The molecule has 1 aliphatic heterocycles. The fourth-order valence-electron chi connectivity index (χ4n) is 5.76. The smallest absolute Gasteiger partial charge is 0.162 e. The van der Waals surface area contributed by atoms with E-state index in [0.29, 0.717) is 0 Å². The molecule has 3 heterocycles. The maximum absolute atomic E-state index is 11.7. The molecule has 2 aromatic carbocycles. The van der Waals surface area contributed by atoms with Crippen LogP contribution in [0.4, 0.5) is 0 Å². The first-order chi connectivity index (χ1) is 18.2. The average Bonchev–Trinajstić information content (AvgIpc) is 3.26. The number of nitrogens with zero attached hydrogens (tertiary/aromatic N) is 3. The standard InChI is InChI=1S/C20H16N3.C13H24O2.Ir/c1-12-18-20(2,3)16-11-14-7-5-4-6-13(14)10-15(16)19-21-9-8-17(22-12)23(18)19;1-5-10(6-2)12(14)9-13(15)11(7-3)8-4;/h4-9,11H,1-3H3;9-11,14H,5-8H2,1-4H3;/q-1;;/b;12-9-;. The number of aliphatic hydroxyl groups is 1. The Morgan fingerprint density at radius 2 is 1.69 bits per heavy atom. The summed E-state index contributed by atoms with van der Waals surface area (Å²) in [7, 11) is 0. The van der Waals surface area contributed by atoms with Crippen LogP contribution in [0.5, 0.6) is 0 Å². The molecule has 0 fully saturated rings. The molecule has 0 aliphatic carbocycles. The van der Waals surface area contributed by atoms with Gasteiger partial charge in [-0.05, 0) is 38.7 Å². The van der Waals surface area contributed by atoms with Gasteiger partial charge in [-0.3, -0.25) is 9.78 Å². The number of hydrogen-bond donors (Lipinski definition) is 1. The third kappa shape index (κ3) is 5.73. The summed E-state index contributed by atoms with van der Waals surface area (Å²) < 4.78 is 2.20. The second-order valence-corrected chi connectivity index (χ2v) is 10.8. The predicted octanol–water partition coefficient (Wildman–Crippen LogP) is 8.16. The van der Waals surface area contributed by atoms with E-state index < -0.39 is 0 Å². The first-order valence-corrected chi connectivity index (χ1v) is 13.9. The zero-order chi connectivity index (χ0) is 27.6. The van der Waals surface area contributed by atoms with Gasteiger partial charge in [-0.2, -0.15) is 0 Å². The number of hydrogen-bond acceptors (Lipinski definition) is 4. The van der Waals surface area contributed by atoms with Crippen LogP contribution in [-0.4, -0.2) is 25.3 Å². The van der Waals surface area contributed by atoms with Crippen LogP contribution in [0.2, 0.25) is 0 Å². The third-order valence-electron chi connectivity index (χ3n) is 8.07. The number of benzene rings is 2. The Labute approximate surface area is 246 Å². The SMILES string of the molecule is CCC(CC)C(=O)/C=C(\O)C(CC)CC.Cc1nc2ccnc3n2c1C(C)(C)c1cc2ccccc2[c-]c1-3.[Ir]. The van der Waals surface area contributed by atoms with Gasteiger partial charge < -0.3 is 9.51 Å². The molecule has 0 unspecified atom stereocenters. The van der Waals surface area contributed by atoms with Crippen molar-refractivity contribution in [3.63, 3.8) is 0 Å². The Morgan fingerprint density at radius 3 is 2.33 bits per heavy atom. The van der Waals surface area contributed by atoms with Gasteiger partial charge in [0.1, 0.15) is 5.65 Å². The summed E-state index contributed by atoms with van der Waals surface area (Å²) >= 11 is 0. The summed E-state index contributed by atoms with van der Waals surface area (Å²) in [6, 6.07) is 16.3. The molecule has 39 heavy (non-hydrogen) atoms. The molecule has 5 nitrogen and oxygen atoms in total. The summed E-state index contributed by atoms with van der Waals surface area (Å²) in [6.07, 6.45) is 6.75. The van der Waals surface area contributed by atoms with Crippen LogP contribution >= 0.6 is 0 Å². The summed E-state index contributed by atoms with van der Waals surface area (Å²) in [5.41, 5.74) is 5.49. The minimum atomic E-state index is -0.130. The second kappa shape index (κ2) is 12.6. The monoisotopic (exact) mass is 703 g/mol.